The van der Waals surface area contributed by atoms with Crippen LogP contribution in [0.2, 0.25) is 0 Å². The molecule has 1 N–H and O–H groups in total. The van der Waals surface area contributed by atoms with E-state index in [4.69, 9.17) is 0 Å². The molecular weight excluding hydrogens is 182 g/mol. The van der Waals surface area contributed by atoms with E-state index in [2.05, 4.69) is 41.9 Å². The molecule has 15 heavy (non-hydrogen) atoms. The summed E-state index contributed by atoms with van der Waals surface area (Å²) in [6.45, 7) is 0. The van der Waals surface area contributed by atoms with Crippen molar-refractivity contribution in [2.24, 2.45) is 0 Å². The summed E-state index contributed by atoms with van der Waals surface area (Å²) in [5.41, 5.74) is 4.61. The van der Waals surface area contributed by atoms with E-state index < -0.39 is 0 Å². The average molecular weight is 197 g/mol. The number of rotatable bonds is 1. The van der Waals surface area contributed by atoms with Gasteiger partial charge in [-0.15, -0.1) is 0 Å². The monoisotopic (exact) mass is 197 g/mol. The highest BCUT2D eigenvalue weighted by molar-refractivity contribution is 5.41. The highest BCUT2D eigenvalue weighted by Crippen LogP contribution is 2.39. The number of hydrogen-bond acceptors (Lipinski definition) is 1. The molecule has 0 radical (unpaired) electrons. The van der Waals surface area contributed by atoms with Gasteiger partial charge < -0.3 is 5.32 Å². The minimum absolute atomic E-state index is 0.652. The Balaban J connectivity index is 1.93. The molecule has 3 rings (SSSR count). The molecule has 0 fully saturated rings. The molecule has 0 aromatic heterocycles. The quantitative estimate of drug-likeness (QED) is 0.729. The maximum atomic E-state index is 3.20. The van der Waals surface area contributed by atoms with Gasteiger partial charge >= 0.3 is 0 Å². The molecule has 1 atom stereocenters. The fraction of sp³-hybridized carbons (Fsp3) is 0.286. The van der Waals surface area contributed by atoms with Crippen molar-refractivity contribution in [3.63, 3.8) is 0 Å². The number of dihydropyridines is 1. The van der Waals surface area contributed by atoms with Crippen molar-refractivity contribution in [3.8, 4) is 0 Å². The van der Waals surface area contributed by atoms with Crippen LogP contribution in [0.25, 0.3) is 0 Å². The van der Waals surface area contributed by atoms with Gasteiger partial charge in [-0.2, -0.15) is 0 Å². The highest BCUT2D eigenvalue weighted by atomic mass is 14.8. The lowest BCUT2D eigenvalue weighted by atomic mass is 9.90. The molecule has 0 amide bonds. The molecule has 0 saturated carbocycles. The van der Waals surface area contributed by atoms with Gasteiger partial charge in [-0.05, 0) is 42.2 Å². The summed E-state index contributed by atoms with van der Waals surface area (Å²) in [6, 6.07) is 8.85. The van der Waals surface area contributed by atoms with E-state index in [0.717, 1.165) is 6.42 Å². The normalized spacial score (nSPS) is 23.2. The summed E-state index contributed by atoms with van der Waals surface area (Å²) in [5.74, 6) is 0.652. The van der Waals surface area contributed by atoms with E-state index in [1.54, 1.807) is 5.56 Å². The van der Waals surface area contributed by atoms with E-state index in [1.807, 2.05) is 6.20 Å². The van der Waals surface area contributed by atoms with Crippen LogP contribution in [0, 0.1) is 0 Å². The Morgan fingerprint density at radius 3 is 3.00 bits per heavy atom. The molecule has 2 aliphatic rings. The minimum Gasteiger partial charge on any atom is -0.368 e. The Kier molecular flexibility index (Phi) is 2.09. The molecule has 0 saturated heterocycles. The van der Waals surface area contributed by atoms with Crippen molar-refractivity contribution in [1.82, 2.24) is 5.32 Å². The van der Waals surface area contributed by atoms with Crippen molar-refractivity contribution >= 4 is 0 Å². The van der Waals surface area contributed by atoms with Crippen LogP contribution >= 0.6 is 0 Å². The Labute approximate surface area is 90.5 Å². The Morgan fingerprint density at radius 2 is 2.13 bits per heavy atom. The van der Waals surface area contributed by atoms with Gasteiger partial charge in [0, 0.05) is 12.1 Å². The number of nitrogens with one attached hydrogen (secondary N) is 1. The van der Waals surface area contributed by atoms with Crippen molar-refractivity contribution in [2.45, 2.75) is 25.2 Å². The molecule has 0 bridgehead atoms. The molecule has 1 aromatic rings. The van der Waals surface area contributed by atoms with E-state index in [0.29, 0.717) is 5.92 Å². The molecule has 76 valence electrons. The van der Waals surface area contributed by atoms with Crippen LogP contribution in [-0.2, 0) is 6.42 Å². The molecule has 1 aromatic carbocycles. The van der Waals surface area contributed by atoms with E-state index in [9.17, 15) is 0 Å². The summed E-state index contributed by atoms with van der Waals surface area (Å²) in [6.07, 6.45) is 10.0. The largest absolute Gasteiger partial charge is 0.368 e. The van der Waals surface area contributed by atoms with Crippen LogP contribution < -0.4 is 5.32 Å². The first-order chi connectivity index (χ1) is 7.45. The fourth-order valence-corrected chi connectivity index (χ4v) is 2.66. The average Bonchev–Trinajstić information content (AvgIpc) is 2.74. The van der Waals surface area contributed by atoms with Crippen molar-refractivity contribution in [1.29, 1.82) is 0 Å². The number of hydrogen-bond donors (Lipinski definition) is 1. The molecule has 1 aliphatic carbocycles. The topological polar surface area (TPSA) is 12.0 Å². The van der Waals surface area contributed by atoms with Crippen LogP contribution in [0.4, 0.5) is 0 Å². The maximum absolute atomic E-state index is 3.20. The molecule has 1 nitrogen and oxygen atoms in total. The van der Waals surface area contributed by atoms with Gasteiger partial charge in [0.05, 0.1) is 0 Å². The summed E-state index contributed by atoms with van der Waals surface area (Å²) < 4.78 is 0. The predicted octanol–water partition coefficient (Wildman–Crippen LogP) is 3.11. The van der Waals surface area contributed by atoms with Crippen LogP contribution in [0.1, 0.15) is 29.9 Å². The number of allylic oxidation sites excluding steroid dienone is 2. The SMILES string of the molecule is C1=CNC=C(C2CCc3ccccc32)C1. The van der Waals surface area contributed by atoms with Crippen LogP contribution in [-0.4, -0.2) is 0 Å². The molecule has 1 aliphatic heterocycles. The second-order valence-corrected chi connectivity index (χ2v) is 4.28. The van der Waals surface area contributed by atoms with Gasteiger partial charge in [-0.1, -0.05) is 30.3 Å². The smallest absolute Gasteiger partial charge is 0.00745 e. The van der Waals surface area contributed by atoms with Gasteiger partial charge in [0.1, 0.15) is 0 Å². The molecule has 0 spiro atoms. The van der Waals surface area contributed by atoms with E-state index >= 15 is 0 Å². The zero-order chi connectivity index (χ0) is 10.1. The van der Waals surface area contributed by atoms with Crippen LogP contribution in [0.15, 0.2) is 48.3 Å². The molecule has 1 heterocycles. The van der Waals surface area contributed by atoms with E-state index in [1.165, 1.54) is 24.0 Å². The third-order valence-electron chi connectivity index (χ3n) is 3.42. The number of aryl methyl sites for hydroxylation is 1. The fourth-order valence-electron chi connectivity index (χ4n) is 2.66. The highest BCUT2D eigenvalue weighted by Gasteiger charge is 2.24. The van der Waals surface area contributed by atoms with Gasteiger partial charge in [0.2, 0.25) is 0 Å². The summed E-state index contributed by atoms with van der Waals surface area (Å²) in [4.78, 5) is 0. The lowest BCUT2D eigenvalue weighted by molar-refractivity contribution is 0.741. The van der Waals surface area contributed by atoms with Gasteiger partial charge in [0.15, 0.2) is 0 Å². The maximum Gasteiger partial charge on any atom is 0.00745 e. The molecular formula is C14H15N. The van der Waals surface area contributed by atoms with Crippen molar-refractivity contribution in [2.75, 3.05) is 0 Å². The molecule has 1 heteroatoms. The van der Waals surface area contributed by atoms with Crippen molar-refractivity contribution < 1.29 is 0 Å². The van der Waals surface area contributed by atoms with Gasteiger partial charge in [-0.3, -0.25) is 0 Å². The summed E-state index contributed by atoms with van der Waals surface area (Å²) in [5, 5.41) is 3.20. The standard InChI is InChI=1S/C14H15N/c1-2-6-13-11(4-1)7-8-14(13)12-5-3-9-15-10-12/h1-4,6,9-10,14-15H,5,7-8H2. The predicted molar refractivity (Wildman–Crippen MR) is 62.5 cm³/mol. The first-order valence-corrected chi connectivity index (χ1v) is 5.63. The van der Waals surface area contributed by atoms with Gasteiger partial charge in [0.25, 0.3) is 0 Å². The number of fused-ring (bicyclic) bond motifs is 1. The van der Waals surface area contributed by atoms with Crippen LogP contribution in [0.3, 0.4) is 0 Å². The Bertz CT molecular complexity index is 429. The zero-order valence-electron chi connectivity index (χ0n) is 8.74. The first kappa shape index (κ1) is 8.78. The lowest BCUT2D eigenvalue weighted by Crippen LogP contribution is -2.06. The first-order valence-electron chi connectivity index (χ1n) is 5.63. The second kappa shape index (κ2) is 3.58. The molecule has 1 unspecified atom stereocenters. The third-order valence-corrected chi connectivity index (χ3v) is 3.42. The van der Waals surface area contributed by atoms with Crippen molar-refractivity contribution in [3.05, 3.63) is 59.4 Å². The minimum atomic E-state index is 0.652. The summed E-state index contributed by atoms with van der Waals surface area (Å²) in [7, 11) is 0. The van der Waals surface area contributed by atoms with Crippen LogP contribution in [0.5, 0.6) is 0 Å². The second-order valence-electron chi connectivity index (χ2n) is 4.28. The Morgan fingerprint density at radius 1 is 1.20 bits per heavy atom. The number of benzene rings is 1. The third kappa shape index (κ3) is 1.48. The van der Waals surface area contributed by atoms with Gasteiger partial charge in [-0.25, -0.2) is 0 Å². The zero-order valence-corrected chi connectivity index (χ0v) is 8.74. The lowest BCUT2D eigenvalue weighted by Gasteiger charge is -2.17. The van der Waals surface area contributed by atoms with E-state index in [-0.39, 0.29) is 0 Å². The summed E-state index contributed by atoms with van der Waals surface area (Å²) >= 11 is 0. The Hall–Kier alpha value is -1.50.